The number of carbonyl (C=O) groups is 1. The van der Waals surface area contributed by atoms with Gasteiger partial charge in [0.15, 0.2) is 5.60 Å². The third kappa shape index (κ3) is 4.72. The SMILES string of the molecule is CC.COc1ccc(C)cc1C1(C(=O)NS(=O)(=O)c2cccc3nc(C)ccc23)CCCO1. The number of amides is 1. The molecule has 2 aromatic carbocycles. The summed E-state index contributed by atoms with van der Waals surface area (Å²) in [6, 6.07) is 13.7. The van der Waals surface area contributed by atoms with Crippen LogP contribution in [-0.2, 0) is 25.2 Å². The lowest BCUT2D eigenvalue weighted by atomic mass is 9.88. The summed E-state index contributed by atoms with van der Waals surface area (Å²) in [5, 5.41) is 0.447. The Morgan fingerprint density at radius 2 is 1.88 bits per heavy atom. The molecule has 4 rings (SSSR count). The number of nitrogens with zero attached hydrogens (tertiary/aromatic N) is 1. The summed E-state index contributed by atoms with van der Waals surface area (Å²) in [6.45, 7) is 8.08. The first-order valence-corrected chi connectivity index (χ1v) is 12.5. The number of ether oxygens (including phenoxy) is 2. The minimum Gasteiger partial charge on any atom is -0.496 e. The number of pyridine rings is 1. The van der Waals surface area contributed by atoms with E-state index in [-0.39, 0.29) is 4.90 Å². The van der Waals surface area contributed by atoms with Gasteiger partial charge in [0, 0.05) is 23.3 Å². The molecule has 0 aliphatic carbocycles. The summed E-state index contributed by atoms with van der Waals surface area (Å²) in [5.41, 5.74) is 1.31. The summed E-state index contributed by atoms with van der Waals surface area (Å²) in [7, 11) is -2.66. The van der Waals surface area contributed by atoms with Crippen LogP contribution in [0.5, 0.6) is 5.75 Å². The average molecular weight is 471 g/mol. The molecule has 1 aliphatic heterocycles. The smallest absolute Gasteiger partial charge is 0.270 e. The summed E-state index contributed by atoms with van der Waals surface area (Å²) in [5.74, 6) is -0.254. The van der Waals surface area contributed by atoms with Crippen molar-refractivity contribution in [1.29, 1.82) is 0 Å². The van der Waals surface area contributed by atoms with Crippen molar-refractivity contribution in [3.8, 4) is 5.75 Å². The number of sulfonamides is 1. The number of rotatable bonds is 5. The lowest BCUT2D eigenvalue weighted by molar-refractivity contribution is -0.140. The standard InChI is InChI=1S/C23H24N2O5S.C2H6/c1-15-8-11-20(29-3)18(14-15)23(12-5-13-30-23)22(26)25-31(27,28)21-7-4-6-19-17(21)10-9-16(2)24-19;1-2/h4,6-11,14H,5,12-13H2,1-3H3,(H,25,26);1-2H3. The van der Waals surface area contributed by atoms with Crippen LogP contribution in [0.4, 0.5) is 0 Å². The van der Waals surface area contributed by atoms with Gasteiger partial charge in [0.1, 0.15) is 5.75 Å². The Hall–Kier alpha value is -2.97. The van der Waals surface area contributed by atoms with E-state index < -0.39 is 21.5 Å². The zero-order valence-corrected chi connectivity index (χ0v) is 20.5. The van der Waals surface area contributed by atoms with Crippen LogP contribution in [-0.4, -0.2) is 33.0 Å². The Bertz CT molecular complexity index is 1270. The fourth-order valence-electron chi connectivity index (χ4n) is 4.01. The fourth-order valence-corrected chi connectivity index (χ4v) is 5.25. The minimum absolute atomic E-state index is 0.00444. The van der Waals surface area contributed by atoms with E-state index in [4.69, 9.17) is 9.47 Å². The Morgan fingerprint density at radius 3 is 2.55 bits per heavy atom. The lowest BCUT2D eigenvalue weighted by Gasteiger charge is -2.29. The molecule has 1 unspecified atom stereocenters. The van der Waals surface area contributed by atoms with Crippen molar-refractivity contribution in [1.82, 2.24) is 9.71 Å². The van der Waals surface area contributed by atoms with Gasteiger partial charge in [-0.25, -0.2) is 13.1 Å². The van der Waals surface area contributed by atoms with Gasteiger partial charge in [0.25, 0.3) is 15.9 Å². The molecule has 1 aliphatic rings. The molecule has 1 atom stereocenters. The van der Waals surface area contributed by atoms with Gasteiger partial charge in [0.05, 0.1) is 17.5 Å². The highest BCUT2D eigenvalue weighted by Crippen LogP contribution is 2.42. The molecule has 3 aromatic rings. The Balaban J connectivity index is 0.00000149. The molecule has 1 fully saturated rings. The van der Waals surface area contributed by atoms with Crippen molar-refractivity contribution in [2.45, 2.75) is 51.0 Å². The van der Waals surface area contributed by atoms with Gasteiger partial charge in [-0.05, 0) is 63.1 Å². The molecule has 1 N–H and O–H groups in total. The molecule has 1 amide bonds. The molecule has 0 saturated carbocycles. The maximum absolute atomic E-state index is 13.4. The molecule has 1 aromatic heterocycles. The van der Waals surface area contributed by atoms with E-state index in [1.165, 1.54) is 13.2 Å². The predicted molar refractivity (Wildman–Crippen MR) is 128 cm³/mol. The Labute approximate surface area is 195 Å². The van der Waals surface area contributed by atoms with Crippen LogP contribution in [0, 0.1) is 13.8 Å². The van der Waals surface area contributed by atoms with E-state index >= 15 is 0 Å². The molecule has 2 heterocycles. The number of benzene rings is 2. The van der Waals surface area contributed by atoms with Gasteiger partial charge in [-0.3, -0.25) is 9.78 Å². The van der Waals surface area contributed by atoms with Crippen LogP contribution in [0.25, 0.3) is 10.9 Å². The topological polar surface area (TPSA) is 94.6 Å². The molecule has 0 spiro atoms. The van der Waals surface area contributed by atoms with Crippen LogP contribution in [0.1, 0.15) is 43.5 Å². The number of fused-ring (bicyclic) bond motifs is 1. The zero-order chi connectivity index (χ0) is 24.2. The second kappa shape index (κ2) is 9.89. The van der Waals surface area contributed by atoms with Gasteiger partial charge in [0.2, 0.25) is 0 Å². The number of methoxy groups -OCH3 is 1. The van der Waals surface area contributed by atoms with Crippen molar-refractivity contribution < 1.29 is 22.7 Å². The van der Waals surface area contributed by atoms with Crippen molar-refractivity contribution in [2.75, 3.05) is 13.7 Å². The first kappa shape index (κ1) is 24.7. The fraction of sp³-hybridized carbons (Fsp3) is 0.360. The van der Waals surface area contributed by atoms with Crippen LogP contribution < -0.4 is 9.46 Å². The number of aromatic nitrogens is 1. The number of aryl methyl sites for hydroxylation is 2. The lowest BCUT2D eigenvalue weighted by Crippen LogP contribution is -2.46. The maximum Gasteiger partial charge on any atom is 0.270 e. The van der Waals surface area contributed by atoms with E-state index in [0.717, 1.165) is 11.3 Å². The van der Waals surface area contributed by atoms with Gasteiger partial charge < -0.3 is 9.47 Å². The molecule has 176 valence electrons. The monoisotopic (exact) mass is 470 g/mol. The number of nitrogens with one attached hydrogen (secondary N) is 1. The molecule has 0 bridgehead atoms. The van der Waals surface area contributed by atoms with E-state index in [1.807, 2.05) is 33.8 Å². The van der Waals surface area contributed by atoms with Crippen molar-refractivity contribution >= 4 is 26.8 Å². The van der Waals surface area contributed by atoms with E-state index in [9.17, 15) is 13.2 Å². The zero-order valence-electron chi connectivity index (χ0n) is 19.6. The number of hydrogen-bond donors (Lipinski definition) is 1. The van der Waals surface area contributed by atoms with E-state index in [2.05, 4.69) is 9.71 Å². The average Bonchev–Trinajstić information content (AvgIpc) is 3.31. The molecular formula is C25H30N2O5S. The number of hydrogen-bond acceptors (Lipinski definition) is 6. The second-order valence-electron chi connectivity index (χ2n) is 7.69. The van der Waals surface area contributed by atoms with Crippen molar-refractivity contribution in [2.24, 2.45) is 0 Å². The van der Waals surface area contributed by atoms with Crippen LogP contribution >= 0.6 is 0 Å². The Morgan fingerprint density at radius 1 is 1.12 bits per heavy atom. The summed E-state index contributed by atoms with van der Waals surface area (Å²) < 4.78 is 40.1. The summed E-state index contributed by atoms with van der Waals surface area (Å²) >= 11 is 0. The first-order chi connectivity index (χ1) is 15.8. The third-order valence-electron chi connectivity index (χ3n) is 5.53. The van der Waals surface area contributed by atoms with Crippen LogP contribution in [0.2, 0.25) is 0 Å². The van der Waals surface area contributed by atoms with Crippen molar-refractivity contribution in [3.63, 3.8) is 0 Å². The van der Waals surface area contributed by atoms with Gasteiger partial charge in [-0.2, -0.15) is 0 Å². The molecule has 8 heteroatoms. The van der Waals surface area contributed by atoms with Crippen LogP contribution in [0.3, 0.4) is 0 Å². The maximum atomic E-state index is 13.4. The highest BCUT2D eigenvalue weighted by molar-refractivity contribution is 7.90. The molecule has 7 nitrogen and oxygen atoms in total. The van der Waals surface area contributed by atoms with Crippen LogP contribution in [0.15, 0.2) is 53.4 Å². The minimum atomic E-state index is -4.17. The molecule has 33 heavy (non-hydrogen) atoms. The predicted octanol–water partition coefficient (Wildman–Crippen LogP) is 4.40. The second-order valence-corrected chi connectivity index (χ2v) is 9.34. The summed E-state index contributed by atoms with van der Waals surface area (Å²) in [4.78, 5) is 17.8. The van der Waals surface area contributed by atoms with Gasteiger partial charge >= 0.3 is 0 Å². The summed E-state index contributed by atoms with van der Waals surface area (Å²) in [6.07, 6.45) is 0.979. The van der Waals surface area contributed by atoms with E-state index in [1.54, 1.807) is 36.4 Å². The normalized spacial score (nSPS) is 17.8. The third-order valence-corrected chi connectivity index (χ3v) is 6.92. The van der Waals surface area contributed by atoms with Gasteiger partial charge in [-0.1, -0.05) is 31.5 Å². The number of carbonyl (C=O) groups excluding carboxylic acids is 1. The molecule has 0 radical (unpaired) electrons. The Kier molecular flexibility index (Phi) is 7.39. The molecular weight excluding hydrogens is 440 g/mol. The largest absolute Gasteiger partial charge is 0.496 e. The quantitative estimate of drug-likeness (QED) is 0.594. The highest BCUT2D eigenvalue weighted by Gasteiger charge is 2.48. The van der Waals surface area contributed by atoms with E-state index in [0.29, 0.717) is 41.7 Å². The molecule has 1 saturated heterocycles. The van der Waals surface area contributed by atoms with Crippen molar-refractivity contribution in [3.05, 3.63) is 65.4 Å². The first-order valence-electron chi connectivity index (χ1n) is 11.0. The van der Waals surface area contributed by atoms with Gasteiger partial charge in [-0.15, -0.1) is 0 Å². The highest BCUT2D eigenvalue weighted by atomic mass is 32.2.